The third-order valence-corrected chi connectivity index (χ3v) is 6.21. The Labute approximate surface area is 167 Å². The van der Waals surface area contributed by atoms with Gasteiger partial charge in [-0.05, 0) is 43.4 Å². The lowest BCUT2D eigenvalue weighted by Gasteiger charge is -2.15. The van der Waals surface area contributed by atoms with Gasteiger partial charge in [-0.1, -0.05) is 6.08 Å². The third kappa shape index (κ3) is 3.16. The van der Waals surface area contributed by atoms with Crippen molar-refractivity contribution in [2.45, 2.75) is 32.2 Å². The molecule has 6 nitrogen and oxygen atoms in total. The van der Waals surface area contributed by atoms with E-state index in [9.17, 15) is 4.79 Å². The predicted octanol–water partition coefficient (Wildman–Crippen LogP) is 4.28. The van der Waals surface area contributed by atoms with Crippen molar-refractivity contribution in [2.24, 2.45) is 0 Å². The minimum atomic E-state index is -0.00715. The molecule has 0 spiro atoms. The van der Waals surface area contributed by atoms with Crippen LogP contribution in [0.15, 0.2) is 35.6 Å². The molecule has 2 aromatic heterocycles. The van der Waals surface area contributed by atoms with Crippen LogP contribution in [-0.2, 0) is 19.4 Å². The van der Waals surface area contributed by atoms with Crippen molar-refractivity contribution < 1.29 is 9.47 Å². The number of methoxy groups -OCH3 is 2. The van der Waals surface area contributed by atoms with E-state index in [1.54, 1.807) is 36.2 Å². The van der Waals surface area contributed by atoms with Crippen LogP contribution < -0.4 is 20.3 Å². The van der Waals surface area contributed by atoms with E-state index in [0.29, 0.717) is 24.0 Å². The first kappa shape index (κ1) is 18.6. The molecule has 7 heteroatoms. The number of ether oxygens (including phenoxy) is 2. The van der Waals surface area contributed by atoms with E-state index in [1.165, 1.54) is 16.9 Å². The highest BCUT2D eigenvalue weighted by Crippen LogP contribution is 2.35. The quantitative estimate of drug-likeness (QED) is 0.629. The average molecular weight is 398 g/mol. The molecule has 2 heterocycles. The molecule has 3 aromatic rings. The smallest absolute Gasteiger partial charge is 0.264 e. The molecular formula is C21H23N3O3S. The molecule has 0 aliphatic heterocycles. The van der Waals surface area contributed by atoms with Gasteiger partial charge in [-0.2, -0.15) is 0 Å². The number of aromatic nitrogens is 2. The van der Waals surface area contributed by atoms with Gasteiger partial charge in [0.25, 0.3) is 5.56 Å². The predicted molar refractivity (Wildman–Crippen MR) is 114 cm³/mol. The molecule has 0 unspecified atom stereocenters. The summed E-state index contributed by atoms with van der Waals surface area (Å²) < 4.78 is 12.3. The lowest BCUT2D eigenvalue weighted by Crippen LogP contribution is -2.24. The number of nitrogens with one attached hydrogen (secondary N) is 1. The number of aryl methyl sites for hydroxylation is 2. The first-order valence-corrected chi connectivity index (χ1v) is 10.1. The SMILES string of the molecule is C=CCn1c(Nc2ccc(OC)c(OC)c2)nc2sc3c(c2c1=O)CCCC3. The van der Waals surface area contributed by atoms with Crippen LogP contribution in [0.25, 0.3) is 10.2 Å². The maximum Gasteiger partial charge on any atom is 0.264 e. The fourth-order valence-corrected chi connectivity index (χ4v) is 4.93. The number of nitrogens with zero attached hydrogens (tertiary/aromatic N) is 2. The molecule has 1 aliphatic carbocycles. The number of hydrogen-bond donors (Lipinski definition) is 1. The summed E-state index contributed by atoms with van der Waals surface area (Å²) in [6.07, 6.45) is 6.02. The Morgan fingerprint density at radius 1 is 1.25 bits per heavy atom. The van der Waals surface area contributed by atoms with Crippen molar-refractivity contribution >= 4 is 33.2 Å². The molecule has 0 radical (unpaired) electrons. The van der Waals surface area contributed by atoms with Crippen molar-refractivity contribution in [1.29, 1.82) is 0 Å². The highest BCUT2D eigenvalue weighted by atomic mass is 32.1. The number of thiophene rings is 1. The van der Waals surface area contributed by atoms with Crippen molar-refractivity contribution in [3.05, 3.63) is 51.6 Å². The Kier molecular flexibility index (Phi) is 5.09. The zero-order valence-corrected chi connectivity index (χ0v) is 16.9. The van der Waals surface area contributed by atoms with E-state index in [2.05, 4.69) is 11.9 Å². The van der Waals surface area contributed by atoms with Crippen LogP contribution in [-0.4, -0.2) is 23.8 Å². The summed E-state index contributed by atoms with van der Waals surface area (Å²) in [5.74, 6) is 1.76. The second-order valence-corrected chi connectivity index (χ2v) is 7.81. The zero-order chi connectivity index (χ0) is 19.7. The van der Waals surface area contributed by atoms with Crippen LogP contribution >= 0.6 is 11.3 Å². The van der Waals surface area contributed by atoms with Crippen molar-refractivity contribution in [3.8, 4) is 11.5 Å². The van der Waals surface area contributed by atoms with Crippen LogP contribution in [0.1, 0.15) is 23.3 Å². The molecule has 1 aliphatic rings. The van der Waals surface area contributed by atoms with Crippen LogP contribution in [0.2, 0.25) is 0 Å². The zero-order valence-electron chi connectivity index (χ0n) is 16.1. The molecule has 0 bridgehead atoms. The normalized spacial score (nSPS) is 13.2. The maximum absolute atomic E-state index is 13.3. The molecule has 1 aromatic carbocycles. The van der Waals surface area contributed by atoms with Gasteiger partial charge >= 0.3 is 0 Å². The molecule has 0 saturated heterocycles. The van der Waals surface area contributed by atoms with Gasteiger partial charge in [0.15, 0.2) is 11.5 Å². The summed E-state index contributed by atoms with van der Waals surface area (Å²) in [5.41, 5.74) is 1.95. The van der Waals surface area contributed by atoms with Gasteiger partial charge in [0.05, 0.1) is 19.6 Å². The maximum atomic E-state index is 13.3. The lowest BCUT2D eigenvalue weighted by atomic mass is 9.97. The largest absolute Gasteiger partial charge is 0.493 e. The summed E-state index contributed by atoms with van der Waals surface area (Å²) >= 11 is 1.64. The number of anilines is 2. The summed E-state index contributed by atoms with van der Waals surface area (Å²) in [4.78, 5) is 20.2. The van der Waals surface area contributed by atoms with Gasteiger partial charge < -0.3 is 14.8 Å². The Hall–Kier alpha value is -2.80. The minimum Gasteiger partial charge on any atom is -0.493 e. The summed E-state index contributed by atoms with van der Waals surface area (Å²) in [5, 5.41) is 4.05. The first-order valence-electron chi connectivity index (χ1n) is 9.31. The molecule has 0 saturated carbocycles. The highest BCUT2D eigenvalue weighted by molar-refractivity contribution is 7.18. The second-order valence-electron chi connectivity index (χ2n) is 6.73. The monoisotopic (exact) mass is 397 g/mol. The van der Waals surface area contributed by atoms with Gasteiger partial charge in [-0.15, -0.1) is 17.9 Å². The lowest BCUT2D eigenvalue weighted by molar-refractivity contribution is 0.355. The molecule has 28 heavy (non-hydrogen) atoms. The van der Waals surface area contributed by atoms with Crippen LogP contribution in [0, 0.1) is 0 Å². The minimum absolute atomic E-state index is 0.00715. The Bertz CT molecular complexity index is 1100. The standard InChI is InChI=1S/C21H23N3O3S/c1-4-11-24-20(25)18-14-7-5-6-8-17(14)28-19(18)23-21(24)22-13-9-10-15(26-2)16(12-13)27-3/h4,9-10,12H,1,5-8,11H2,2-3H3,(H,22,23). The highest BCUT2D eigenvalue weighted by Gasteiger charge is 2.22. The van der Waals surface area contributed by atoms with Gasteiger partial charge in [0.1, 0.15) is 4.83 Å². The number of hydrogen-bond acceptors (Lipinski definition) is 6. The van der Waals surface area contributed by atoms with E-state index in [4.69, 9.17) is 14.5 Å². The second kappa shape index (κ2) is 7.67. The summed E-state index contributed by atoms with van der Waals surface area (Å²) in [7, 11) is 3.19. The van der Waals surface area contributed by atoms with Gasteiger partial charge in [-0.3, -0.25) is 9.36 Å². The van der Waals surface area contributed by atoms with E-state index in [1.807, 2.05) is 18.2 Å². The Morgan fingerprint density at radius 2 is 2.04 bits per heavy atom. The molecule has 146 valence electrons. The van der Waals surface area contributed by atoms with Crippen molar-refractivity contribution in [1.82, 2.24) is 9.55 Å². The van der Waals surface area contributed by atoms with Crippen LogP contribution in [0.5, 0.6) is 11.5 Å². The van der Waals surface area contributed by atoms with E-state index >= 15 is 0 Å². The van der Waals surface area contributed by atoms with E-state index in [0.717, 1.165) is 35.2 Å². The number of allylic oxidation sites excluding steroid dienone is 1. The van der Waals surface area contributed by atoms with E-state index in [-0.39, 0.29) is 5.56 Å². The molecular weight excluding hydrogens is 374 g/mol. The Balaban J connectivity index is 1.83. The van der Waals surface area contributed by atoms with Gasteiger partial charge in [0.2, 0.25) is 5.95 Å². The molecule has 0 amide bonds. The fourth-order valence-electron chi connectivity index (χ4n) is 3.68. The molecule has 1 N–H and O–H groups in total. The summed E-state index contributed by atoms with van der Waals surface area (Å²) in [6.45, 7) is 4.19. The van der Waals surface area contributed by atoms with Crippen molar-refractivity contribution in [3.63, 3.8) is 0 Å². The topological polar surface area (TPSA) is 65.4 Å². The van der Waals surface area contributed by atoms with Gasteiger partial charge in [-0.25, -0.2) is 4.98 Å². The first-order chi connectivity index (χ1) is 13.7. The molecule has 4 rings (SSSR count). The van der Waals surface area contributed by atoms with Gasteiger partial charge in [0, 0.05) is 23.2 Å². The summed E-state index contributed by atoms with van der Waals surface area (Å²) in [6, 6.07) is 5.52. The number of rotatable bonds is 6. The average Bonchev–Trinajstić information content (AvgIpc) is 3.09. The molecule has 0 atom stereocenters. The number of benzene rings is 1. The Morgan fingerprint density at radius 3 is 2.79 bits per heavy atom. The van der Waals surface area contributed by atoms with E-state index < -0.39 is 0 Å². The van der Waals surface area contributed by atoms with Crippen LogP contribution in [0.3, 0.4) is 0 Å². The fraction of sp³-hybridized carbons (Fsp3) is 0.333. The molecule has 0 fully saturated rings. The third-order valence-electron chi connectivity index (χ3n) is 5.03. The van der Waals surface area contributed by atoms with Crippen LogP contribution in [0.4, 0.5) is 11.6 Å². The van der Waals surface area contributed by atoms with Crippen molar-refractivity contribution in [2.75, 3.05) is 19.5 Å². The number of fused-ring (bicyclic) bond motifs is 3.